The molecule has 6 nitrogen and oxygen atoms in total. The van der Waals surface area contributed by atoms with Crippen molar-refractivity contribution in [3.63, 3.8) is 0 Å². The third kappa shape index (κ3) is 6.11. The van der Waals surface area contributed by atoms with Crippen molar-refractivity contribution >= 4 is 23.4 Å². The second kappa shape index (κ2) is 12.1. The van der Waals surface area contributed by atoms with Gasteiger partial charge in [-0.1, -0.05) is 66.4 Å². The molecule has 3 aromatic carbocycles. The van der Waals surface area contributed by atoms with E-state index in [1.807, 2.05) is 85.8 Å². The van der Waals surface area contributed by atoms with Gasteiger partial charge >= 0.3 is 0 Å². The smallest absolute Gasteiger partial charge is 0.237 e. The van der Waals surface area contributed by atoms with E-state index in [1.165, 1.54) is 11.8 Å². The fourth-order valence-electron chi connectivity index (χ4n) is 3.78. The van der Waals surface area contributed by atoms with Crippen LogP contribution in [0.1, 0.15) is 19.4 Å². The summed E-state index contributed by atoms with van der Waals surface area (Å²) in [5.41, 5.74) is 4.28. The molecule has 1 N–H and O–H groups in total. The van der Waals surface area contributed by atoms with Gasteiger partial charge in [-0.25, -0.2) is 4.98 Å². The Morgan fingerprint density at radius 3 is 2.41 bits per heavy atom. The summed E-state index contributed by atoms with van der Waals surface area (Å²) >= 11 is 1.26. The molecule has 0 spiro atoms. The minimum atomic E-state index is -0.524. The minimum absolute atomic E-state index is 0.209. The standard InChI is InChI=1S/C30H27N3O3S/c1-4-36-28-13-9-8-12-26(28)32-29(34)20(2)37-30-25(19-31)24(21-14-16-23(35-3)17-15-21)18-27(33-30)22-10-6-5-7-11-22/h5-18,20H,4H2,1-3H3,(H,32,34). The molecule has 1 unspecified atom stereocenters. The highest BCUT2D eigenvalue weighted by Crippen LogP contribution is 2.36. The molecule has 1 aromatic heterocycles. The number of anilines is 1. The van der Waals surface area contributed by atoms with Crippen LogP contribution in [-0.2, 0) is 4.79 Å². The molecule has 1 amide bonds. The van der Waals surface area contributed by atoms with Gasteiger partial charge in [0.05, 0.1) is 35.9 Å². The summed E-state index contributed by atoms with van der Waals surface area (Å²) in [5.74, 6) is 1.13. The van der Waals surface area contributed by atoms with Gasteiger partial charge in [0, 0.05) is 11.1 Å². The number of pyridine rings is 1. The molecule has 0 aliphatic heterocycles. The Hall–Kier alpha value is -4.28. The summed E-state index contributed by atoms with van der Waals surface area (Å²) < 4.78 is 10.9. The Morgan fingerprint density at radius 2 is 1.73 bits per heavy atom. The molecule has 0 fully saturated rings. The Kier molecular flexibility index (Phi) is 8.44. The van der Waals surface area contributed by atoms with Gasteiger partial charge in [-0.05, 0) is 49.7 Å². The molecule has 0 bridgehead atoms. The number of hydrogen-bond donors (Lipinski definition) is 1. The highest BCUT2D eigenvalue weighted by molar-refractivity contribution is 8.00. The maximum atomic E-state index is 13.1. The summed E-state index contributed by atoms with van der Waals surface area (Å²) in [4.78, 5) is 18.0. The van der Waals surface area contributed by atoms with Crippen LogP contribution in [0.3, 0.4) is 0 Å². The number of amides is 1. The van der Waals surface area contributed by atoms with Crippen molar-refractivity contribution in [2.24, 2.45) is 0 Å². The average molecular weight is 510 g/mol. The largest absolute Gasteiger partial charge is 0.497 e. The van der Waals surface area contributed by atoms with E-state index in [-0.39, 0.29) is 5.91 Å². The minimum Gasteiger partial charge on any atom is -0.497 e. The number of nitrogens with zero attached hydrogens (tertiary/aromatic N) is 2. The third-order valence-electron chi connectivity index (χ3n) is 5.67. The number of methoxy groups -OCH3 is 1. The lowest BCUT2D eigenvalue weighted by Crippen LogP contribution is -2.23. The lowest BCUT2D eigenvalue weighted by atomic mass is 9.99. The van der Waals surface area contributed by atoms with E-state index in [1.54, 1.807) is 20.1 Å². The highest BCUT2D eigenvalue weighted by Gasteiger charge is 2.22. The molecule has 37 heavy (non-hydrogen) atoms. The van der Waals surface area contributed by atoms with Gasteiger partial charge in [-0.3, -0.25) is 4.79 Å². The summed E-state index contributed by atoms with van der Waals surface area (Å²) in [7, 11) is 1.61. The Labute approximate surface area is 221 Å². The van der Waals surface area contributed by atoms with Crippen LogP contribution in [0.5, 0.6) is 11.5 Å². The van der Waals surface area contributed by atoms with Crippen molar-refractivity contribution in [1.82, 2.24) is 4.98 Å². The zero-order valence-corrected chi connectivity index (χ0v) is 21.7. The molecule has 186 valence electrons. The Bertz CT molecular complexity index is 1420. The van der Waals surface area contributed by atoms with Crippen LogP contribution in [-0.4, -0.2) is 29.9 Å². The number of aromatic nitrogens is 1. The Balaban J connectivity index is 1.71. The first-order valence-corrected chi connectivity index (χ1v) is 12.8. The van der Waals surface area contributed by atoms with Crippen molar-refractivity contribution in [1.29, 1.82) is 5.26 Å². The van der Waals surface area contributed by atoms with Crippen molar-refractivity contribution in [2.45, 2.75) is 24.1 Å². The molecule has 0 saturated heterocycles. The van der Waals surface area contributed by atoms with Gasteiger partial charge in [0.2, 0.25) is 5.91 Å². The van der Waals surface area contributed by atoms with Crippen LogP contribution in [0.2, 0.25) is 0 Å². The number of ether oxygens (including phenoxy) is 2. The summed E-state index contributed by atoms with van der Waals surface area (Å²) in [5, 5.41) is 13.1. The van der Waals surface area contributed by atoms with E-state index >= 15 is 0 Å². The van der Waals surface area contributed by atoms with E-state index < -0.39 is 5.25 Å². The lowest BCUT2D eigenvalue weighted by Gasteiger charge is -2.17. The van der Waals surface area contributed by atoms with Crippen LogP contribution in [0, 0.1) is 11.3 Å². The predicted octanol–water partition coefficient (Wildman–Crippen LogP) is 6.81. The van der Waals surface area contributed by atoms with Gasteiger partial charge in [0.15, 0.2) is 0 Å². The van der Waals surface area contributed by atoms with E-state index in [4.69, 9.17) is 14.5 Å². The first kappa shape index (κ1) is 25.8. The van der Waals surface area contributed by atoms with Crippen LogP contribution in [0.4, 0.5) is 5.69 Å². The van der Waals surface area contributed by atoms with Crippen molar-refractivity contribution in [3.05, 3.63) is 90.5 Å². The van der Waals surface area contributed by atoms with E-state index in [0.717, 1.165) is 28.1 Å². The molecule has 0 saturated carbocycles. The average Bonchev–Trinajstić information content (AvgIpc) is 2.94. The van der Waals surface area contributed by atoms with Crippen molar-refractivity contribution in [3.8, 4) is 40.0 Å². The topological polar surface area (TPSA) is 84.2 Å². The van der Waals surface area contributed by atoms with Gasteiger partial charge in [0.1, 0.15) is 22.6 Å². The molecule has 4 aromatic rings. The van der Waals surface area contributed by atoms with Crippen LogP contribution in [0.25, 0.3) is 22.4 Å². The van der Waals surface area contributed by atoms with Crippen LogP contribution < -0.4 is 14.8 Å². The maximum absolute atomic E-state index is 13.1. The number of carbonyl (C=O) groups excluding carboxylic acids is 1. The van der Waals surface area contributed by atoms with Gasteiger partial charge < -0.3 is 14.8 Å². The number of para-hydroxylation sites is 2. The Morgan fingerprint density at radius 1 is 1.03 bits per heavy atom. The molecule has 0 radical (unpaired) electrons. The fraction of sp³-hybridized carbons (Fsp3) is 0.167. The molecule has 4 rings (SSSR count). The number of benzene rings is 3. The first-order valence-electron chi connectivity index (χ1n) is 11.9. The molecule has 0 aliphatic rings. The molecule has 0 aliphatic carbocycles. The SMILES string of the molecule is CCOc1ccccc1NC(=O)C(C)Sc1nc(-c2ccccc2)cc(-c2ccc(OC)cc2)c1C#N. The molecule has 1 heterocycles. The van der Waals surface area contributed by atoms with E-state index in [2.05, 4.69) is 11.4 Å². The van der Waals surface area contributed by atoms with Crippen LogP contribution >= 0.6 is 11.8 Å². The number of nitriles is 1. The summed E-state index contributed by atoms with van der Waals surface area (Å²) in [6.45, 7) is 4.19. The van der Waals surface area contributed by atoms with Crippen LogP contribution in [0.15, 0.2) is 90.0 Å². The maximum Gasteiger partial charge on any atom is 0.237 e. The number of thioether (sulfide) groups is 1. The number of carbonyl (C=O) groups is 1. The van der Waals surface area contributed by atoms with Crippen molar-refractivity contribution < 1.29 is 14.3 Å². The van der Waals surface area contributed by atoms with Crippen molar-refractivity contribution in [2.75, 3.05) is 19.0 Å². The normalized spacial score (nSPS) is 11.3. The van der Waals surface area contributed by atoms with E-state index in [9.17, 15) is 10.1 Å². The monoisotopic (exact) mass is 509 g/mol. The lowest BCUT2D eigenvalue weighted by molar-refractivity contribution is -0.115. The molecular formula is C30H27N3O3S. The second-order valence-electron chi connectivity index (χ2n) is 8.12. The fourth-order valence-corrected chi connectivity index (χ4v) is 4.70. The second-order valence-corrected chi connectivity index (χ2v) is 9.45. The number of rotatable bonds is 9. The van der Waals surface area contributed by atoms with Gasteiger partial charge in [0.25, 0.3) is 0 Å². The van der Waals surface area contributed by atoms with Gasteiger partial charge in [-0.15, -0.1) is 0 Å². The number of hydrogen-bond acceptors (Lipinski definition) is 6. The zero-order valence-electron chi connectivity index (χ0n) is 20.9. The third-order valence-corrected chi connectivity index (χ3v) is 6.76. The van der Waals surface area contributed by atoms with Gasteiger partial charge in [-0.2, -0.15) is 5.26 Å². The first-order chi connectivity index (χ1) is 18.0. The predicted molar refractivity (Wildman–Crippen MR) is 148 cm³/mol. The van der Waals surface area contributed by atoms with E-state index in [0.29, 0.717) is 28.6 Å². The highest BCUT2D eigenvalue weighted by atomic mass is 32.2. The number of nitrogens with one attached hydrogen (secondary N) is 1. The summed E-state index contributed by atoms with van der Waals surface area (Å²) in [6.07, 6.45) is 0. The quantitative estimate of drug-likeness (QED) is 0.249. The summed E-state index contributed by atoms with van der Waals surface area (Å²) in [6, 6.07) is 28.9. The molecular weight excluding hydrogens is 482 g/mol. The zero-order chi connectivity index (χ0) is 26.2. The molecule has 7 heteroatoms. The molecule has 1 atom stereocenters.